The van der Waals surface area contributed by atoms with E-state index in [2.05, 4.69) is 5.32 Å². The van der Waals surface area contributed by atoms with Crippen LogP contribution in [0.25, 0.3) is 0 Å². The maximum Gasteiger partial charge on any atom is 0.416 e. The number of halogens is 3. The molecule has 116 valence electrons. The molecule has 0 heterocycles. The topological polar surface area (TPSA) is 66.4 Å². The van der Waals surface area contributed by atoms with Crippen molar-refractivity contribution in [3.05, 3.63) is 35.4 Å². The average Bonchev–Trinajstić information content (AvgIpc) is 2.35. The highest BCUT2D eigenvalue weighted by Gasteiger charge is 2.33. The van der Waals surface area contributed by atoms with Gasteiger partial charge < -0.3 is 10.4 Å². The Labute approximate surface area is 120 Å². The molecule has 0 spiro atoms. The van der Waals surface area contributed by atoms with Crippen molar-refractivity contribution in [2.75, 3.05) is 6.54 Å². The molecule has 1 unspecified atom stereocenters. The monoisotopic (exact) mass is 303 g/mol. The van der Waals surface area contributed by atoms with Crippen molar-refractivity contribution in [1.29, 1.82) is 0 Å². The number of nitrogens with one attached hydrogen (secondary N) is 1. The van der Waals surface area contributed by atoms with E-state index in [1.165, 1.54) is 18.2 Å². The number of alkyl halides is 3. The first kappa shape index (κ1) is 17.0. The van der Waals surface area contributed by atoms with Gasteiger partial charge in [-0.15, -0.1) is 0 Å². The molecule has 4 nitrogen and oxygen atoms in total. The van der Waals surface area contributed by atoms with E-state index in [9.17, 15) is 22.8 Å². The smallest absolute Gasteiger partial charge is 0.416 e. The van der Waals surface area contributed by atoms with Crippen molar-refractivity contribution in [3.8, 4) is 0 Å². The summed E-state index contributed by atoms with van der Waals surface area (Å²) in [5.74, 6) is -1.84. The quantitative estimate of drug-likeness (QED) is 0.848. The lowest BCUT2D eigenvalue weighted by Gasteiger charge is -2.14. The summed E-state index contributed by atoms with van der Waals surface area (Å²) in [6, 6.07) is 4.88. The van der Waals surface area contributed by atoms with E-state index in [1.807, 2.05) is 0 Å². The van der Waals surface area contributed by atoms with E-state index in [4.69, 9.17) is 5.11 Å². The second kappa shape index (κ2) is 7.10. The predicted octanol–water partition coefficient (Wildman–Crippen LogP) is 2.47. The second-order valence-electron chi connectivity index (χ2n) is 4.84. The molecule has 0 aliphatic heterocycles. The lowest BCUT2D eigenvalue weighted by Crippen LogP contribution is -2.31. The fourth-order valence-electron chi connectivity index (χ4n) is 1.84. The number of benzene rings is 1. The minimum Gasteiger partial charge on any atom is -0.481 e. The molecule has 0 aliphatic rings. The average molecular weight is 303 g/mol. The fraction of sp³-hybridized carbons (Fsp3) is 0.429. The van der Waals surface area contributed by atoms with Crippen molar-refractivity contribution in [1.82, 2.24) is 5.32 Å². The fourth-order valence-corrected chi connectivity index (χ4v) is 1.84. The summed E-state index contributed by atoms with van der Waals surface area (Å²) in [6.45, 7) is 1.75. The van der Waals surface area contributed by atoms with Crippen molar-refractivity contribution >= 4 is 11.9 Å². The van der Waals surface area contributed by atoms with Gasteiger partial charge in [-0.1, -0.05) is 25.1 Å². The van der Waals surface area contributed by atoms with E-state index in [0.717, 1.165) is 6.07 Å². The minimum atomic E-state index is -4.51. The summed E-state index contributed by atoms with van der Waals surface area (Å²) in [5, 5.41) is 11.0. The van der Waals surface area contributed by atoms with E-state index in [0.29, 0.717) is 0 Å². The zero-order chi connectivity index (χ0) is 16.0. The van der Waals surface area contributed by atoms with E-state index in [1.54, 1.807) is 6.92 Å². The highest BCUT2D eigenvalue weighted by atomic mass is 19.4. The van der Waals surface area contributed by atoms with Gasteiger partial charge in [0.15, 0.2) is 0 Å². The summed E-state index contributed by atoms with van der Waals surface area (Å²) < 4.78 is 38.3. The largest absolute Gasteiger partial charge is 0.481 e. The summed E-state index contributed by atoms with van der Waals surface area (Å²) in [7, 11) is 0. The van der Waals surface area contributed by atoms with Gasteiger partial charge in [-0.05, 0) is 17.5 Å². The zero-order valence-corrected chi connectivity index (χ0v) is 11.4. The molecule has 0 fully saturated rings. The maximum absolute atomic E-state index is 12.8. The van der Waals surface area contributed by atoms with Gasteiger partial charge in [-0.2, -0.15) is 13.2 Å². The van der Waals surface area contributed by atoms with Gasteiger partial charge in [0.2, 0.25) is 5.91 Å². The maximum atomic E-state index is 12.8. The molecule has 0 aliphatic carbocycles. The molecule has 1 atom stereocenters. The summed E-state index contributed by atoms with van der Waals surface area (Å²) >= 11 is 0. The molecule has 0 aromatic heterocycles. The Bertz CT molecular complexity index is 514. The number of amides is 1. The first-order valence-corrected chi connectivity index (χ1v) is 6.33. The molecule has 0 saturated carbocycles. The number of aliphatic carboxylic acids is 1. The Hall–Kier alpha value is -2.05. The Morgan fingerprint density at radius 1 is 1.29 bits per heavy atom. The van der Waals surface area contributed by atoms with Crippen LogP contribution in [0, 0.1) is 5.92 Å². The standard InChI is InChI=1S/C14H16F3NO3/c1-9(6-13(20)21)8-18-12(19)7-10-4-2-3-5-11(10)14(15,16)17/h2-5,9H,6-8H2,1H3,(H,18,19)(H,20,21). The van der Waals surface area contributed by atoms with Crippen molar-refractivity contribution in [2.24, 2.45) is 5.92 Å². The van der Waals surface area contributed by atoms with Gasteiger partial charge in [0.05, 0.1) is 12.0 Å². The molecule has 1 aromatic carbocycles. The first-order valence-electron chi connectivity index (χ1n) is 6.33. The number of carboxylic acid groups (broad SMARTS) is 1. The molecular weight excluding hydrogens is 287 g/mol. The molecule has 0 radical (unpaired) electrons. The van der Waals surface area contributed by atoms with Gasteiger partial charge in [0.25, 0.3) is 0 Å². The van der Waals surface area contributed by atoms with E-state index < -0.39 is 30.0 Å². The minimum absolute atomic E-state index is 0.103. The van der Waals surface area contributed by atoms with Crippen LogP contribution in [0.15, 0.2) is 24.3 Å². The normalized spacial score (nSPS) is 12.8. The SMILES string of the molecule is CC(CNC(=O)Cc1ccccc1C(F)(F)F)CC(=O)O. The van der Waals surface area contributed by atoms with Gasteiger partial charge >= 0.3 is 12.1 Å². The Morgan fingerprint density at radius 2 is 1.90 bits per heavy atom. The summed E-state index contributed by atoms with van der Waals surface area (Å²) in [6.07, 6.45) is -5.01. The molecule has 1 rings (SSSR count). The van der Waals surface area contributed by atoms with Crippen LogP contribution in [-0.2, 0) is 22.2 Å². The van der Waals surface area contributed by atoms with Crippen LogP contribution in [0.5, 0.6) is 0 Å². The van der Waals surface area contributed by atoms with Gasteiger partial charge in [-0.3, -0.25) is 9.59 Å². The molecule has 2 N–H and O–H groups in total. The van der Waals surface area contributed by atoms with Crippen LogP contribution in [0.4, 0.5) is 13.2 Å². The van der Waals surface area contributed by atoms with Crippen molar-refractivity contribution in [3.63, 3.8) is 0 Å². The van der Waals surface area contributed by atoms with Crippen LogP contribution in [0.1, 0.15) is 24.5 Å². The Morgan fingerprint density at radius 3 is 2.48 bits per heavy atom. The van der Waals surface area contributed by atoms with Crippen molar-refractivity contribution in [2.45, 2.75) is 25.9 Å². The Kier molecular flexibility index (Phi) is 5.75. The van der Waals surface area contributed by atoms with Crippen LogP contribution in [0.2, 0.25) is 0 Å². The Balaban J connectivity index is 2.62. The number of hydrogen-bond donors (Lipinski definition) is 2. The van der Waals surface area contributed by atoms with Crippen LogP contribution < -0.4 is 5.32 Å². The van der Waals surface area contributed by atoms with Crippen LogP contribution in [-0.4, -0.2) is 23.5 Å². The van der Waals surface area contributed by atoms with Crippen LogP contribution in [0.3, 0.4) is 0 Å². The third-order valence-corrected chi connectivity index (χ3v) is 2.84. The summed E-state index contributed by atoms with van der Waals surface area (Å²) in [4.78, 5) is 22.1. The predicted molar refractivity (Wildman–Crippen MR) is 69.6 cm³/mol. The molecule has 1 aromatic rings. The highest BCUT2D eigenvalue weighted by Crippen LogP contribution is 2.31. The van der Waals surface area contributed by atoms with Gasteiger partial charge in [-0.25, -0.2) is 0 Å². The second-order valence-corrected chi connectivity index (χ2v) is 4.84. The third-order valence-electron chi connectivity index (χ3n) is 2.84. The molecule has 7 heteroatoms. The van der Waals surface area contributed by atoms with Crippen molar-refractivity contribution < 1.29 is 27.9 Å². The number of carbonyl (C=O) groups is 2. The van der Waals surface area contributed by atoms with E-state index >= 15 is 0 Å². The number of rotatable bonds is 6. The van der Waals surface area contributed by atoms with Gasteiger partial charge in [0.1, 0.15) is 0 Å². The van der Waals surface area contributed by atoms with Gasteiger partial charge in [0, 0.05) is 13.0 Å². The lowest BCUT2D eigenvalue weighted by molar-refractivity contribution is -0.139. The molecule has 0 saturated heterocycles. The molecular formula is C14H16F3NO3. The highest BCUT2D eigenvalue weighted by molar-refractivity contribution is 5.79. The lowest BCUT2D eigenvalue weighted by atomic mass is 10.0. The zero-order valence-electron chi connectivity index (χ0n) is 11.4. The number of carboxylic acids is 1. The number of carbonyl (C=O) groups excluding carboxylic acids is 1. The first-order chi connectivity index (χ1) is 9.70. The number of hydrogen-bond acceptors (Lipinski definition) is 2. The van der Waals surface area contributed by atoms with E-state index in [-0.39, 0.29) is 24.4 Å². The molecule has 0 bridgehead atoms. The summed E-state index contributed by atoms with van der Waals surface area (Å²) in [5.41, 5.74) is -0.938. The van der Waals surface area contributed by atoms with Crippen LogP contribution >= 0.6 is 0 Å². The molecule has 21 heavy (non-hydrogen) atoms. The third kappa shape index (κ3) is 5.85. The molecule has 1 amide bonds.